The molecule has 0 N–H and O–H groups in total. The average molecular weight is 388 g/mol. The SMILES string of the molecule is O=S(=O)(c1ccc(Cl)cc1)N1CCC(Oc2ncc(Cl)cn2)CC1. The van der Waals surface area contributed by atoms with Gasteiger partial charge in [0.15, 0.2) is 0 Å². The van der Waals surface area contributed by atoms with Gasteiger partial charge in [0.2, 0.25) is 10.0 Å². The monoisotopic (exact) mass is 387 g/mol. The number of halogens is 2. The molecule has 0 aliphatic carbocycles. The van der Waals surface area contributed by atoms with E-state index < -0.39 is 10.0 Å². The molecule has 0 atom stereocenters. The van der Waals surface area contributed by atoms with E-state index in [0.29, 0.717) is 36.0 Å². The van der Waals surface area contributed by atoms with Gasteiger partial charge in [-0.1, -0.05) is 23.2 Å². The van der Waals surface area contributed by atoms with Crippen LogP contribution in [0.2, 0.25) is 10.0 Å². The zero-order chi connectivity index (χ0) is 17.2. The Kier molecular flexibility index (Phi) is 5.24. The van der Waals surface area contributed by atoms with Gasteiger partial charge in [0, 0.05) is 18.1 Å². The van der Waals surface area contributed by atoms with Gasteiger partial charge in [0.25, 0.3) is 0 Å². The quantitative estimate of drug-likeness (QED) is 0.805. The molecule has 0 unspecified atom stereocenters. The highest BCUT2D eigenvalue weighted by Crippen LogP contribution is 2.23. The molecule has 3 rings (SSSR count). The summed E-state index contributed by atoms with van der Waals surface area (Å²) in [5.74, 6) is 0. The van der Waals surface area contributed by atoms with Crippen LogP contribution >= 0.6 is 23.2 Å². The highest BCUT2D eigenvalue weighted by Gasteiger charge is 2.30. The van der Waals surface area contributed by atoms with E-state index in [9.17, 15) is 8.42 Å². The van der Waals surface area contributed by atoms with Crippen LogP contribution in [0.4, 0.5) is 0 Å². The normalized spacial score (nSPS) is 16.9. The maximum absolute atomic E-state index is 12.6. The smallest absolute Gasteiger partial charge is 0.316 e. The number of hydrogen-bond donors (Lipinski definition) is 0. The molecule has 1 fully saturated rings. The van der Waals surface area contributed by atoms with Crippen LogP contribution in [-0.2, 0) is 10.0 Å². The van der Waals surface area contributed by atoms with Crippen molar-refractivity contribution in [2.75, 3.05) is 13.1 Å². The Bertz CT molecular complexity index is 790. The first-order valence-electron chi connectivity index (χ1n) is 7.35. The second-order valence-electron chi connectivity index (χ2n) is 5.36. The van der Waals surface area contributed by atoms with Crippen LogP contribution in [-0.4, -0.2) is 41.9 Å². The van der Waals surface area contributed by atoms with Crippen LogP contribution in [0.3, 0.4) is 0 Å². The number of benzene rings is 1. The number of sulfonamides is 1. The first-order valence-corrected chi connectivity index (χ1v) is 9.55. The third kappa shape index (κ3) is 3.97. The summed E-state index contributed by atoms with van der Waals surface area (Å²) >= 11 is 11.5. The molecule has 6 nitrogen and oxygen atoms in total. The highest BCUT2D eigenvalue weighted by atomic mass is 35.5. The van der Waals surface area contributed by atoms with Gasteiger partial charge in [-0.05, 0) is 37.1 Å². The lowest BCUT2D eigenvalue weighted by Crippen LogP contribution is -2.41. The predicted molar refractivity (Wildman–Crippen MR) is 90.9 cm³/mol. The summed E-state index contributed by atoms with van der Waals surface area (Å²) in [6, 6.07) is 6.42. The molecular weight excluding hydrogens is 373 g/mol. The van der Waals surface area contributed by atoms with Crippen molar-refractivity contribution in [3.8, 4) is 6.01 Å². The first kappa shape index (κ1) is 17.4. The number of rotatable bonds is 4. The molecule has 1 aromatic carbocycles. The lowest BCUT2D eigenvalue weighted by Gasteiger charge is -2.30. The number of piperidine rings is 1. The van der Waals surface area contributed by atoms with Crippen molar-refractivity contribution in [2.45, 2.75) is 23.8 Å². The number of aromatic nitrogens is 2. The molecule has 0 amide bonds. The van der Waals surface area contributed by atoms with Crippen LogP contribution in [0.1, 0.15) is 12.8 Å². The van der Waals surface area contributed by atoms with Gasteiger partial charge in [0.05, 0.1) is 22.3 Å². The van der Waals surface area contributed by atoms with Gasteiger partial charge in [-0.25, -0.2) is 18.4 Å². The lowest BCUT2D eigenvalue weighted by atomic mass is 10.1. The molecule has 128 valence electrons. The van der Waals surface area contributed by atoms with Crippen molar-refractivity contribution >= 4 is 33.2 Å². The summed E-state index contributed by atoms with van der Waals surface area (Å²) in [7, 11) is -3.51. The Morgan fingerprint density at radius 2 is 1.58 bits per heavy atom. The van der Waals surface area contributed by atoms with Gasteiger partial charge in [-0.2, -0.15) is 4.31 Å². The van der Waals surface area contributed by atoms with Crippen molar-refractivity contribution in [1.29, 1.82) is 0 Å². The third-order valence-corrected chi connectivity index (χ3v) is 6.08. The van der Waals surface area contributed by atoms with Crippen LogP contribution in [0.25, 0.3) is 0 Å². The van der Waals surface area contributed by atoms with E-state index in [1.807, 2.05) is 0 Å². The van der Waals surface area contributed by atoms with Crippen molar-refractivity contribution in [3.05, 3.63) is 46.7 Å². The molecular formula is C15H15Cl2N3O3S. The zero-order valence-corrected chi connectivity index (χ0v) is 14.9. The molecule has 9 heteroatoms. The van der Waals surface area contributed by atoms with E-state index in [1.165, 1.54) is 28.8 Å². The number of ether oxygens (including phenoxy) is 1. The van der Waals surface area contributed by atoms with Crippen molar-refractivity contribution in [1.82, 2.24) is 14.3 Å². The van der Waals surface area contributed by atoms with Gasteiger partial charge >= 0.3 is 6.01 Å². The first-order chi connectivity index (χ1) is 11.4. The summed E-state index contributed by atoms with van der Waals surface area (Å²) in [6.07, 6.45) is 3.94. The van der Waals surface area contributed by atoms with E-state index in [4.69, 9.17) is 27.9 Å². The minimum atomic E-state index is -3.51. The Balaban J connectivity index is 1.62. The van der Waals surface area contributed by atoms with E-state index in [2.05, 4.69) is 9.97 Å². The Morgan fingerprint density at radius 1 is 1.00 bits per heavy atom. The summed E-state index contributed by atoms with van der Waals surface area (Å²) < 4.78 is 32.3. The van der Waals surface area contributed by atoms with Crippen molar-refractivity contribution in [2.24, 2.45) is 0 Å². The van der Waals surface area contributed by atoms with Crippen molar-refractivity contribution < 1.29 is 13.2 Å². The molecule has 0 spiro atoms. The van der Waals surface area contributed by atoms with Gasteiger partial charge < -0.3 is 4.74 Å². The van der Waals surface area contributed by atoms with Crippen LogP contribution < -0.4 is 4.74 Å². The Labute approximate surface area is 150 Å². The summed E-state index contributed by atoms with van der Waals surface area (Å²) in [6.45, 7) is 0.756. The predicted octanol–water partition coefficient (Wildman–Crippen LogP) is 3.02. The van der Waals surface area contributed by atoms with Crippen LogP contribution in [0.5, 0.6) is 6.01 Å². The lowest BCUT2D eigenvalue weighted by molar-refractivity contribution is 0.124. The zero-order valence-electron chi connectivity index (χ0n) is 12.6. The second-order valence-corrected chi connectivity index (χ2v) is 8.17. The molecule has 1 saturated heterocycles. The molecule has 1 aliphatic heterocycles. The molecule has 2 heterocycles. The minimum absolute atomic E-state index is 0.122. The fourth-order valence-corrected chi connectivity index (χ4v) is 4.15. The third-order valence-electron chi connectivity index (χ3n) is 3.72. The maximum atomic E-state index is 12.6. The number of hydrogen-bond acceptors (Lipinski definition) is 5. The fraction of sp³-hybridized carbons (Fsp3) is 0.333. The summed E-state index contributed by atoms with van der Waals surface area (Å²) in [4.78, 5) is 8.22. The van der Waals surface area contributed by atoms with E-state index >= 15 is 0 Å². The fourth-order valence-electron chi connectivity index (χ4n) is 2.46. The average Bonchev–Trinajstić information content (AvgIpc) is 2.58. The maximum Gasteiger partial charge on any atom is 0.316 e. The number of nitrogens with zero attached hydrogens (tertiary/aromatic N) is 3. The molecule has 0 bridgehead atoms. The molecule has 1 aliphatic rings. The van der Waals surface area contributed by atoms with Crippen molar-refractivity contribution in [3.63, 3.8) is 0 Å². The summed E-state index contributed by atoms with van der Waals surface area (Å²) in [5.41, 5.74) is 0. The van der Waals surface area contributed by atoms with Gasteiger partial charge in [0.1, 0.15) is 6.10 Å². The second kappa shape index (κ2) is 7.23. The Hall–Kier alpha value is -1.41. The van der Waals surface area contributed by atoms with Crippen LogP contribution in [0, 0.1) is 0 Å². The largest absolute Gasteiger partial charge is 0.460 e. The van der Waals surface area contributed by atoms with E-state index in [-0.39, 0.29) is 17.0 Å². The molecule has 2 aromatic rings. The van der Waals surface area contributed by atoms with Gasteiger partial charge in [-0.3, -0.25) is 0 Å². The van der Waals surface area contributed by atoms with Crippen LogP contribution in [0.15, 0.2) is 41.6 Å². The molecule has 0 saturated carbocycles. The minimum Gasteiger partial charge on any atom is -0.460 e. The standard InChI is InChI=1S/C15H15Cl2N3O3S/c16-11-1-3-14(4-2-11)24(21,22)20-7-5-13(6-8-20)23-15-18-9-12(17)10-19-15/h1-4,9-10,13H,5-8H2. The van der Waals surface area contributed by atoms with Gasteiger partial charge in [-0.15, -0.1) is 0 Å². The highest BCUT2D eigenvalue weighted by molar-refractivity contribution is 7.89. The summed E-state index contributed by atoms with van der Waals surface area (Å²) in [5, 5.41) is 0.940. The molecule has 24 heavy (non-hydrogen) atoms. The molecule has 0 radical (unpaired) electrons. The van der Waals surface area contributed by atoms with E-state index in [1.54, 1.807) is 12.1 Å². The molecule has 1 aromatic heterocycles. The topological polar surface area (TPSA) is 72.4 Å². The Morgan fingerprint density at radius 3 is 2.17 bits per heavy atom. The van der Waals surface area contributed by atoms with E-state index in [0.717, 1.165) is 0 Å².